The van der Waals surface area contributed by atoms with Crippen molar-refractivity contribution in [1.29, 1.82) is 0 Å². The van der Waals surface area contributed by atoms with Gasteiger partial charge in [-0.15, -0.1) is 0 Å². The molecule has 2 heterocycles. The van der Waals surface area contributed by atoms with Crippen LogP contribution in [0.2, 0.25) is 0 Å². The second-order valence-corrected chi connectivity index (χ2v) is 4.39. The zero-order chi connectivity index (χ0) is 15.0. The minimum absolute atomic E-state index is 0.0393. The van der Waals surface area contributed by atoms with Gasteiger partial charge in [-0.05, 0) is 24.3 Å². The van der Waals surface area contributed by atoms with E-state index in [0.29, 0.717) is 5.56 Å². The minimum Gasteiger partial charge on any atom is -0.478 e. The van der Waals surface area contributed by atoms with Crippen LogP contribution in [0.15, 0.2) is 46.1 Å². The fraction of sp³-hybridized carbons (Fsp3) is 0. The lowest BCUT2D eigenvalue weighted by Gasteiger charge is -2.03. The third-order valence-corrected chi connectivity index (χ3v) is 3.00. The molecule has 2 aromatic heterocycles. The van der Waals surface area contributed by atoms with E-state index in [4.69, 9.17) is 5.11 Å². The fourth-order valence-electron chi connectivity index (χ4n) is 2.00. The van der Waals surface area contributed by atoms with Crippen LogP contribution in [-0.4, -0.2) is 26.0 Å². The number of benzene rings is 1. The summed E-state index contributed by atoms with van der Waals surface area (Å²) >= 11 is 0. The summed E-state index contributed by atoms with van der Waals surface area (Å²) in [5, 5.41) is 9.26. The molecular formula is C14H9N3O4. The Kier molecular flexibility index (Phi) is 2.87. The Morgan fingerprint density at radius 3 is 2.67 bits per heavy atom. The second kappa shape index (κ2) is 4.71. The molecule has 0 fully saturated rings. The first kappa shape index (κ1) is 12.8. The molecule has 0 spiro atoms. The summed E-state index contributed by atoms with van der Waals surface area (Å²) in [5.74, 6) is -0.891. The van der Waals surface area contributed by atoms with E-state index < -0.39 is 11.5 Å². The number of nitrogens with zero attached hydrogens (tertiary/aromatic N) is 1. The smallest absolute Gasteiger partial charge is 0.335 e. The predicted octanol–water partition coefficient (Wildman–Crippen LogP) is 0.977. The van der Waals surface area contributed by atoms with Crippen LogP contribution in [0.25, 0.3) is 22.3 Å². The SMILES string of the molecule is O=C(O)c1ccc2c(=O)[nH]c(-c3cc[nH]c(=O)c3)nc2c1. The number of carbonyl (C=O) groups is 1. The zero-order valence-corrected chi connectivity index (χ0v) is 10.6. The number of nitrogens with one attached hydrogen (secondary N) is 2. The monoisotopic (exact) mass is 283 g/mol. The van der Waals surface area contributed by atoms with Gasteiger partial charge in [0.15, 0.2) is 0 Å². The highest BCUT2D eigenvalue weighted by Gasteiger charge is 2.09. The van der Waals surface area contributed by atoms with Gasteiger partial charge in [-0.3, -0.25) is 9.59 Å². The van der Waals surface area contributed by atoms with Crippen molar-refractivity contribution in [3.8, 4) is 11.4 Å². The number of pyridine rings is 1. The van der Waals surface area contributed by atoms with E-state index in [0.717, 1.165) is 0 Å². The molecular weight excluding hydrogens is 274 g/mol. The van der Waals surface area contributed by atoms with E-state index in [-0.39, 0.29) is 27.9 Å². The van der Waals surface area contributed by atoms with Crippen LogP contribution < -0.4 is 11.1 Å². The molecule has 104 valence electrons. The van der Waals surface area contributed by atoms with Gasteiger partial charge < -0.3 is 15.1 Å². The van der Waals surface area contributed by atoms with Crippen molar-refractivity contribution in [2.24, 2.45) is 0 Å². The lowest BCUT2D eigenvalue weighted by molar-refractivity contribution is 0.0697. The highest BCUT2D eigenvalue weighted by molar-refractivity contribution is 5.93. The van der Waals surface area contributed by atoms with Crippen molar-refractivity contribution >= 4 is 16.9 Å². The number of aromatic nitrogens is 3. The largest absolute Gasteiger partial charge is 0.478 e. The first-order valence-corrected chi connectivity index (χ1v) is 6.01. The highest BCUT2D eigenvalue weighted by atomic mass is 16.4. The molecule has 1 aromatic carbocycles. The van der Waals surface area contributed by atoms with Gasteiger partial charge in [0.1, 0.15) is 5.82 Å². The van der Waals surface area contributed by atoms with Crippen molar-refractivity contribution in [3.63, 3.8) is 0 Å². The fourth-order valence-corrected chi connectivity index (χ4v) is 2.00. The van der Waals surface area contributed by atoms with E-state index >= 15 is 0 Å². The molecule has 0 amide bonds. The molecule has 0 saturated carbocycles. The van der Waals surface area contributed by atoms with Crippen LogP contribution >= 0.6 is 0 Å². The molecule has 0 unspecified atom stereocenters. The minimum atomic E-state index is -1.10. The number of carboxylic acid groups (broad SMARTS) is 1. The molecule has 0 aliphatic carbocycles. The Labute approximate surface area is 116 Å². The van der Waals surface area contributed by atoms with Crippen LogP contribution in [0.3, 0.4) is 0 Å². The second-order valence-electron chi connectivity index (χ2n) is 4.39. The predicted molar refractivity (Wildman–Crippen MR) is 75.4 cm³/mol. The Morgan fingerprint density at radius 1 is 1.14 bits per heavy atom. The molecule has 3 rings (SSSR count). The number of fused-ring (bicyclic) bond motifs is 1. The van der Waals surface area contributed by atoms with Crippen LogP contribution in [0.1, 0.15) is 10.4 Å². The van der Waals surface area contributed by atoms with E-state index in [1.54, 1.807) is 6.07 Å². The summed E-state index contributed by atoms with van der Waals surface area (Å²) in [6, 6.07) is 6.96. The topological polar surface area (TPSA) is 116 Å². The van der Waals surface area contributed by atoms with Crippen LogP contribution in [0.4, 0.5) is 0 Å². The number of aromatic amines is 2. The number of carboxylic acids is 1. The zero-order valence-electron chi connectivity index (χ0n) is 10.6. The Bertz CT molecular complexity index is 972. The van der Waals surface area contributed by atoms with E-state index in [2.05, 4.69) is 15.0 Å². The molecule has 7 nitrogen and oxygen atoms in total. The highest BCUT2D eigenvalue weighted by Crippen LogP contribution is 2.15. The lowest BCUT2D eigenvalue weighted by Crippen LogP contribution is -2.11. The Balaban J connectivity index is 2.28. The van der Waals surface area contributed by atoms with Crippen molar-refractivity contribution in [2.75, 3.05) is 0 Å². The number of aromatic carboxylic acids is 1. The molecule has 0 atom stereocenters. The third kappa shape index (κ3) is 2.32. The van der Waals surface area contributed by atoms with Gasteiger partial charge in [0.2, 0.25) is 5.56 Å². The van der Waals surface area contributed by atoms with Gasteiger partial charge in [-0.25, -0.2) is 9.78 Å². The maximum atomic E-state index is 12.0. The number of rotatable bonds is 2. The summed E-state index contributed by atoms with van der Waals surface area (Å²) < 4.78 is 0. The number of H-pyrrole nitrogens is 2. The van der Waals surface area contributed by atoms with Gasteiger partial charge >= 0.3 is 5.97 Å². The first-order valence-electron chi connectivity index (χ1n) is 6.01. The lowest BCUT2D eigenvalue weighted by atomic mass is 10.1. The van der Waals surface area contributed by atoms with Gasteiger partial charge in [0.25, 0.3) is 5.56 Å². The molecule has 0 saturated heterocycles. The average molecular weight is 283 g/mol. The molecule has 3 aromatic rings. The molecule has 0 radical (unpaired) electrons. The first-order chi connectivity index (χ1) is 10.0. The van der Waals surface area contributed by atoms with Gasteiger partial charge in [-0.1, -0.05) is 0 Å². The summed E-state index contributed by atoms with van der Waals surface area (Å²) in [6.45, 7) is 0. The molecule has 0 bridgehead atoms. The average Bonchev–Trinajstić information content (AvgIpc) is 2.46. The molecule has 7 heteroatoms. The Hall–Kier alpha value is -3.22. The maximum absolute atomic E-state index is 12.0. The van der Waals surface area contributed by atoms with Gasteiger partial charge in [0, 0.05) is 17.8 Å². The molecule has 3 N–H and O–H groups in total. The number of hydrogen-bond acceptors (Lipinski definition) is 4. The van der Waals surface area contributed by atoms with Crippen LogP contribution in [0, 0.1) is 0 Å². The summed E-state index contributed by atoms with van der Waals surface area (Å²) in [4.78, 5) is 43.5. The van der Waals surface area contributed by atoms with Gasteiger partial charge in [-0.2, -0.15) is 0 Å². The normalized spacial score (nSPS) is 10.7. The quantitative estimate of drug-likeness (QED) is 0.648. The van der Waals surface area contributed by atoms with E-state index in [9.17, 15) is 14.4 Å². The van der Waals surface area contributed by atoms with E-state index in [1.807, 2.05) is 0 Å². The number of hydrogen-bond donors (Lipinski definition) is 3. The standard InChI is InChI=1S/C14H9N3O4/c18-11-6-7(3-4-15-11)12-16-10-5-8(14(20)21)1-2-9(10)13(19)17-12/h1-6H,(H,15,18)(H,20,21)(H,16,17,19). The van der Waals surface area contributed by atoms with Crippen molar-refractivity contribution in [1.82, 2.24) is 15.0 Å². The molecule has 21 heavy (non-hydrogen) atoms. The van der Waals surface area contributed by atoms with Crippen LogP contribution in [-0.2, 0) is 0 Å². The summed E-state index contributed by atoms with van der Waals surface area (Å²) in [7, 11) is 0. The molecule has 0 aliphatic heterocycles. The van der Waals surface area contributed by atoms with E-state index in [1.165, 1.54) is 30.5 Å². The van der Waals surface area contributed by atoms with Crippen molar-refractivity contribution < 1.29 is 9.90 Å². The van der Waals surface area contributed by atoms with Crippen molar-refractivity contribution in [3.05, 3.63) is 62.8 Å². The Morgan fingerprint density at radius 2 is 1.95 bits per heavy atom. The molecule has 0 aliphatic rings. The maximum Gasteiger partial charge on any atom is 0.335 e. The van der Waals surface area contributed by atoms with Gasteiger partial charge in [0.05, 0.1) is 16.5 Å². The van der Waals surface area contributed by atoms with Crippen LogP contribution in [0.5, 0.6) is 0 Å². The third-order valence-electron chi connectivity index (χ3n) is 3.00. The van der Waals surface area contributed by atoms with Crippen molar-refractivity contribution in [2.45, 2.75) is 0 Å². The summed E-state index contributed by atoms with van der Waals surface area (Å²) in [5.41, 5.74) is 0.0200. The summed E-state index contributed by atoms with van der Waals surface area (Å²) in [6.07, 6.45) is 1.44.